The molecule has 3 fully saturated rings. The Balaban J connectivity index is 0.000000105. The number of fused-ring (bicyclic) bond motifs is 17. The van der Waals surface area contributed by atoms with Crippen LogP contribution in [-0.2, 0) is 27.9 Å². The molecule has 12 nitrogen and oxygen atoms in total. The van der Waals surface area contributed by atoms with Crippen molar-refractivity contribution in [3.63, 3.8) is 0 Å². The minimum Gasteiger partial charge on any atom is -0.423 e. The molecule has 0 bridgehead atoms. The van der Waals surface area contributed by atoms with Gasteiger partial charge in [0.15, 0.2) is 0 Å². The summed E-state index contributed by atoms with van der Waals surface area (Å²) < 4.78 is 50.5. The summed E-state index contributed by atoms with van der Waals surface area (Å²) in [6, 6.07) is 119. The van der Waals surface area contributed by atoms with Gasteiger partial charge < -0.3 is 56.2 Å². The van der Waals surface area contributed by atoms with Crippen molar-refractivity contribution in [2.75, 3.05) is 0 Å². The molecule has 23 rings (SSSR count). The summed E-state index contributed by atoms with van der Waals surface area (Å²) in [5.41, 5.74) is 17.2. The zero-order chi connectivity index (χ0) is 84.6. The van der Waals surface area contributed by atoms with Gasteiger partial charge in [0.1, 0.15) is 0 Å². The van der Waals surface area contributed by atoms with Crippen LogP contribution in [0.1, 0.15) is 83.1 Å². The molecule has 123 heavy (non-hydrogen) atoms. The van der Waals surface area contributed by atoms with Crippen LogP contribution in [0.2, 0.25) is 0 Å². The monoisotopic (exact) mass is 1630 g/mol. The molecule has 604 valence electrons. The van der Waals surface area contributed by atoms with Crippen LogP contribution < -0.4 is 21.9 Å². The summed E-state index contributed by atoms with van der Waals surface area (Å²) in [5, 5.41) is 34.1. The highest BCUT2D eigenvalue weighted by atomic mass is 32.1. The molecule has 0 spiro atoms. The predicted octanol–water partition coefficient (Wildman–Crippen LogP) is 22.9. The van der Waals surface area contributed by atoms with Gasteiger partial charge in [0.05, 0.1) is 83.4 Å². The summed E-state index contributed by atoms with van der Waals surface area (Å²) >= 11 is 1.85. The summed E-state index contributed by atoms with van der Waals surface area (Å²) in [4.78, 5) is 0. The molecular weight excluding hydrogens is 1530 g/mol. The second kappa shape index (κ2) is 30.5. The van der Waals surface area contributed by atoms with E-state index in [9.17, 15) is 10.0 Å². The van der Waals surface area contributed by atoms with E-state index in [2.05, 4.69) is 374 Å². The Morgan fingerprint density at radius 3 is 1.32 bits per heavy atom. The van der Waals surface area contributed by atoms with Gasteiger partial charge in [-0.15, -0.1) is 11.3 Å². The summed E-state index contributed by atoms with van der Waals surface area (Å²) in [6.45, 7) is 25.2. The van der Waals surface area contributed by atoms with Crippen LogP contribution in [-0.4, -0.2) is 90.4 Å². The fraction of sp³-hybridized carbons (Fsp3) is 0.170. The highest BCUT2D eigenvalue weighted by molar-refractivity contribution is 7.26. The third kappa shape index (κ3) is 13.5. The predicted molar refractivity (Wildman–Crippen MR) is 516 cm³/mol. The van der Waals surface area contributed by atoms with Crippen molar-refractivity contribution < 1.29 is 38.0 Å². The number of thiophene rings is 1. The lowest BCUT2D eigenvalue weighted by atomic mass is 9.76. The Labute approximate surface area is 721 Å². The van der Waals surface area contributed by atoms with E-state index >= 15 is 0 Å². The second-order valence-corrected chi connectivity index (χ2v) is 36.6. The van der Waals surface area contributed by atoms with Gasteiger partial charge in [-0.3, -0.25) is 0 Å². The van der Waals surface area contributed by atoms with Gasteiger partial charge in [-0.05, 0) is 207 Å². The lowest BCUT2D eigenvalue weighted by Gasteiger charge is -2.32. The van der Waals surface area contributed by atoms with Crippen molar-refractivity contribution in [1.29, 1.82) is 0 Å². The maximum absolute atomic E-state index is 9.76. The van der Waals surface area contributed by atoms with Crippen LogP contribution >= 0.6 is 11.3 Å². The molecule has 3 aliphatic rings. The van der Waals surface area contributed by atoms with Crippen LogP contribution in [0.3, 0.4) is 0 Å². The Morgan fingerprint density at radius 2 is 0.691 bits per heavy atom. The number of rotatable bonds is 9. The number of aromatic nitrogens is 4. The molecule has 0 amide bonds. The zero-order valence-corrected chi connectivity index (χ0v) is 72.0. The molecule has 8 heterocycles. The molecular formula is C106H94B4N4O8S. The molecule has 5 aromatic heterocycles. The zero-order valence-electron chi connectivity index (χ0n) is 71.2. The first-order chi connectivity index (χ1) is 59.3. The summed E-state index contributed by atoms with van der Waals surface area (Å²) in [7, 11) is -2.74. The van der Waals surface area contributed by atoms with Gasteiger partial charge in [-0.1, -0.05) is 249 Å². The smallest absolute Gasteiger partial charge is 0.423 e. The maximum atomic E-state index is 9.76. The van der Waals surface area contributed by atoms with E-state index in [-0.39, 0.29) is 22.4 Å². The molecule has 3 saturated heterocycles. The molecule has 20 aromatic rings. The van der Waals surface area contributed by atoms with Gasteiger partial charge in [-0.2, -0.15) is 0 Å². The number of hydrogen-bond donors (Lipinski definition) is 2. The third-order valence-electron chi connectivity index (χ3n) is 26.6. The Morgan fingerprint density at radius 1 is 0.268 bits per heavy atom. The van der Waals surface area contributed by atoms with Gasteiger partial charge in [0.2, 0.25) is 0 Å². The fourth-order valence-electron chi connectivity index (χ4n) is 18.2. The van der Waals surface area contributed by atoms with Gasteiger partial charge in [0.25, 0.3) is 0 Å². The van der Waals surface area contributed by atoms with Crippen molar-refractivity contribution in [3.8, 4) is 33.9 Å². The summed E-state index contributed by atoms with van der Waals surface area (Å²) in [6.07, 6.45) is 0. The van der Waals surface area contributed by atoms with E-state index in [4.69, 9.17) is 27.9 Å². The van der Waals surface area contributed by atoms with E-state index in [0.29, 0.717) is 5.46 Å². The molecule has 0 atom stereocenters. The van der Waals surface area contributed by atoms with E-state index in [1.54, 1.807) is 6.07 Å². The highest BCUT2D eigenvalue weighted by Crippen LogP contribution is 2.46. The highest BCUT2D eigenvalue weighted by Gasteiger charge is 2.55. The first-order valence-corrected chi connectivity index (χ1v) is 43.3. The number of nitrogens with zero attached hydrogens (tertiary/aromatic N) is 4. The molecule has 0 aliphatic carbocycles. The molecule has 3 aliphatic heterocycles. The average molecular weight is 1630 g/mol. The average Bonchev–Trinajstić information content (AvgIpc) is 1.57. The molecule has 2 N–H and O–H groups in total. The van der Waals surface area contributed by atoms with Crippen molar-refractivity contribution in [2.24, 2.45) is 0 Å². The quantitative estimate of drug-likeness (QED) is 0.137. The lowest BCUT2D eigenvalue weighted by molar-refractivity contribution is 0.00578. The van der Waals surface area contributed by atoms with Gasteiger partial charge >= 0.3 is 28.5 Å². The topological polar surface area (TPSA) is 116 Å². The first kappa shape index (κ1) is 79.4. The number of para-hydroxylation sites is 7. The maximum Gasteiger partial charge on any atom is 0.497 e. The van der Waals surface area contributed by atoms with Gasteiger partial charge in [-0.25, -0.2) is 0 Å². The standard InChI is InChI=1S/C30H26BNO2S.C30H28BNO2.C28H26BNO2.C18H14BNO2/c1-29(2)30(3,4)34-31(33-29)19-16-17-21-20-10-5-7-12-23(20)32(25(21)18-19)24-13-9-15-27-28(24)22-11-6-8-14-26(22)35-27;1-29(2)30(3,4)34-31(33-29)25-14-10-16-27-28(25)24-13-8-9-15-26(24)32(27)23-19-17-22(18-20-23)21-11-6-5-7-12-21;1-27(2)28(3,4)32-29(31-27)23-16-10-15-22-25-21-14-9-8-11-19(21)17-18-24(25)30(26(22)23)20-12-6-5-7-13-20;21-19(22)16-11-6-10-15-14-9-4-5-12-17(14)20(18(15)16)13-7-2-1-3-8-13/h5-18H,1-4H3;5-20H,1-4H3;5-18H,1-4H3;1-12,21-22H. The number of hydrogen-bond acceptors (Lipinski definition) is 9. The normalized spacial score (nSPS) is 16.2. The van der Waals surface area contributed by atoms with Crippen LogP contribution in [0.5, 0.6) is 0 Å². The largest absolute Gasteiger partial charge is 0.497 e. The van der Waals surface area contributed by atoms with Crippen LogP contribution in [0, 0.1) is 0 Å². The van der Waals surface area contributed by atoms with Crippen LogP contribution in [0.15, 0.2) is 340 Å². The van der Waals surface area contributed by atoms with E-state index in [1.165, 1.54) is 102 Å². The van der Waals surface area contributed by atoms with Crippen molar-refractivity contribution >= 4 is 180 Å². The van der Waals surface area contributed by atoms with E-state index in [1.807, 2.05) is 72.0 Å². The Hall–Kier alpha value is -12.1. The second-order valence-electron chi connectivity index (χ2n) is 35.5. The van der Waals surface area contributed by atoms with Crippen molar-refractivity contribution in [2.45, 2.75) is 117 Å². The van der Waals surface area contributed by atoms with Crippen LogP contribution in [0.25, 0.3) is 152 Å². The number of benzene rings is 15. The Bertz CT molecular complexity index is 7430. The molecule has 17 heteroatoms. The molecule has 0 unspecified atom stereocenters. The summed E-state index contributed by atoms with van der Waals surface area (Å²) in [5.74, 6) is 0. The van der Waals surface area contributed by atoms with Crippen molar-refractivity contribution in [3.05, 3.63) is 340 Å². The lowest BCUT2D eigenvalue weighted by Crippen LogP contribution is -2.41. The van der Waals surface area contributed by atoms with Crippen molar-refractivity contribution in [1.82, 2.24) is 18.3 Å². The SMILES string of the molecule is CC1(C)OB(c2ccc3c4ccccc4n(-c4cccc5sc6ccccc6c45)c3c2)OC1(C)C.CC1(C)OB(c2cccc3c2c2ccccc2n3-c2ccc(-c3ccccc3)cc2)OC1(C)C.CC1(C)OB(c2cccc3c4c5ccccc5ccc4n(-c4ccccc4)c23)OC1(C)C.OB(O)c1cccc2c3ccccc3n(-c3ccccc3)c12. The van der Waals surface area contributed by atoms with E-state index < -0.39 is 39.7 Å². The minimum atomic E-state index is -1.50. The minimum absolute atomic E-state index is 0.374. The third-order valence-corrected chi connectivity index (χ3v) is 27.7. The van der Waals surface area contributed by atoms with Crippen LogP contribution in [0.4, 0.5) is 0 Å². The van der Waals surface area contributed by atoms with Gasteiger partial charge in [0, 0.05) is 91.2 Å². The molecule has 0 radical (unpaired) electrons. The fourth-order valence-corrected chi connectivity index (χ4v) is 19.3. The molecule has 0 saturated carbocycles. The molecule has 15 aromatic carbocycles. The Kier molecular flexibility index (Phi) is 19.7. The van der Waals surface area contributed by atoms with E-state index in [0.717, 1.165) is 66.3 Å². The first-order valence-electron chi connectivity index (χ1n) is 42.5.